The minimum Gasteiger partial charge on any atom is -0.302 e. The van der Waals surface area contributed by atoms with Crippen molar-refractivity contribution in [3.05, 3.63) is 40.4 Å². The third-order valence-electron chi connectivity index (χ3n) is 2.63. The van der Waals surface area contributed by atoms with Gasteiger partial charge in [-0.15, -0.1) is 11.3 Å². The molecule has 0 aliphatic heterocycles. The number of carbonyl (C=O) groups excluding carboxylic acids is 1. The van der Waals surface area contributed by atoms with Gasteiger partial charge in [-0.25, -0.2) is 13.4 Å². The highest BCUT2D eigenvalue weighted by atomic mass is 35.5. The van der Waals surface area contributed by atoms with E-state index in [1.807, 2.05) is 6.92 Å². The number of nitrogens with one attached hydrogen (secondary N) is 1. The quantitative estimate of drug-likeness (QED) is 0.904. The topological polar surface area (TPSA) is 76.1 Å². The number of hydrogen-bond acceptors (Lipinski definition) is 5. The lowest BCUT2D eigenvalue weighted by Gasteiger charge is -2.06. The highest BCUT2D eigenvalue weighted by Gasteiger charge is 2.19. The fraction of sp³-hybridized carbons (Fsp3) is 0.231. The molecule has 5 nitrogen and oxygen atoms in total. The van der Waals surface area contributed by atoms with E-state index in [1.165, 1.54) is 23.5 Å². The Hall–Kier alpha value is -1.44. The van der Waals surface area contributed by atoms with E-state index in [2.05, 4.69) is 10.3 Å². The summed E-state index contributed by atoms with van der Waals surface area (Å²) >= 11 is 7.16. The summed E-state index contributed by atoms with van der Waals surface area (Å²) in [6, 6.07) is 6.18. The predicted octanol–water partition coefficient (Wildman–Crippen LogP) is 2.91. The number of sulfone groups is 1. The second-order valence-corrected chi connectivity index (χ2v) is 7.68. The normalized spacial score (nSPS) is 11.3. The number of hydrogen-bond donors (Lipinski definition) is 1. The van der Waals surface area contributed by atoms with Gasteiger partial charge >= 0.3 is 0 Å². The average Bonchev–Trinajstić information content (AvgIpc) is 2.82. The Labute approximate surface area is 131 Å². The van der Waals surface area contributed by atoms with Crippen molar-refractivity contribution in [2.45, 2.75) is 18.2 Å². The van der Waals surface area contributed by atoms with Crippen LogP contribution in [0.4, 0.5) is 5.13 Å². The van der Waals surface area contributed by atoms with Crippen LogP contribution >= 0.6 is 22.9 Å². The van der Waals surface area contributed by atoms with Crippen molar-refractivity contribution in [2.24, 2.45) is 0 Å². The van der Waals surface area contributed by atoms with Crippen LogP contribution in [0.15, 0.2) is 34.5 Å². The molecule has 1 heterocycles. The van der Waals surface area contributed by atoms with Gasteiger partial charge in [0.05, 0.1) is 21.4 Å². The third-order valence-corrected chi connectivity index (χ3v) is 5.72. The predicted molar refractivity (Wildman–Crippen MR) is 83.6 cm³/mol. The minimum atomic E-state index is -3.58. The second kappa shape index (κ2) is 6.55. The molecule has 0 radical (unpaired) electrons. The molecule has 2 rings (SSSR count). The maximum atomic E-state index is 12.1. The second-order valence-electron chi connectivity index (χ2n) is 4.34. The van der Waals surface area contributed by atoms with Crippen LogP contribution in [-0.2, 0) is 14.6 Å². The maximum Gasteiger partial charge on any atom is 0.227 e. The van der Waals surface area contributed by atoms with Gasteiger partial charge in [0, 0.05) is 11.8 Å². The zero-order valence-corrected chi connectivity index (χ0v) is 13.6. The Bertz CT molecular complexity index is 756. The number of thiazole rings is 1. The molecule has 1 N–H and O–H groups in total. The first-order chi connectivity index (χ1) is 9.88. The number of rotatable bonds is 5. The maximum absolute atomic E-state index is 12.1. The summed E-state index contributed by atoms with van der Waals surface area (Å²) < 4.78 is 24.3. The number of halogens is 1. The van der Waals surface area contributed by atoms with E-state index >= 15 is 0 Å². The molecule has 1 aromatic carbocycles. The first-order valence-electron chi connectivity index (χ1n) is 6.08. The number of nitrogens with zero attached hydrogens (tertiary/aromatic N) is 1. The average molecular weight is 345 g/mol. The van der Waals surface area contributed by atoms with Crippen molar-refractivity contribution in [3.8, 4) is 0 Å². The van der Waals surface area contributed by atoms with Crippen molar-refractivity contribution in [1.29, 1.82) is 0 Å². The molecule has 112 valence electrons. The van der Waals surface area contributed by atoms with Gasteiger partial charge in [0.15, 0.2) is 15.0 Å². The van der Waals surface area contributed by atoms with E-state index in [4.69, 9.17) is 11.6 Å². The summed E-state index contributed by atoms with van der Waals surface area (Å²) in [4.78, 5) is 15.9. The summed E-state index contributed by atoms with van der Waals surface area (Å²) in [6.45, 7) is 1.81. The molecule has 0 aliphatic carbocycles. The molecule has 1 aromatic heterocycles. The van der Waals surface area contributed by atoms with Crippen LogP contribution in [-0.4, -0.2) is 25.1 Å². The first-order valence-corrected chi connectivity index (χ1v) is 8.99. The van der Waals surface area contributed by atoms with Gasteiger partial charge in [-0.2, -0.15) is 0 Å². The van der Waals surface area contributed by atoms with Crippen molar-refractivity contribution in [1.82, 2.24) is 4.98 Å². The van der Waals surface area contributed by atoms with Crippen LogP contribution in [0, 0.1) is 6.92 Å². The SMILES string of the molecule is Cc1csc(NC(=O)CCS(=O)(=O)c2ccccc2Cl)n1. The molecule has 21 heavy (non-hydrogen) atoms. The van der Waals surface area contributed by atoms with Gasteiger partial charge < -0.3 is 5.32 Å². The standard InChI is InChI=1S/C13H13ClN2O3S2/c1-9-8-20-13(15-9)16-12(17)6-7-21(18,19)11-5-3-2-4-10(11)14/h2-5,8H,6-7H2,1H3,(H,15,16,17). The molecule has 0 saturated carbocycles. The van der Waals surface area contributed by atoms with E-state index in [9.17, 15) is 13.2 Å². The largest absolute Gasteiger partial charge is 0.302 e. The third kappa shape index (κ3) is 4.26. The Morgan fingerprint density at radius 2 is 2.10 bits per heavy atom. The van der Waals surface area contributed by atoms with Crippen LogP contribution in [0.1, 0.15) is 12.1 Å². The van der Waals surface area contributed by atoms with Gasteiger partial charge in [0.25, 0.3) is 0 Å². The smallest absolute Gasteiger partial charge is 0.227 e. The highest BCUT2D eigenvalue weighted by molar-refractivity contribution is 7.91. The number of anilines is 1. The number of aromatic nitrogens is 1. The van der Waals surface area contributed by atoms with Crippen LogP contribution in [0.5, 0.6) is 0 Å². The molecule has 2 aromatic rings. The molecular weight excluding hydrogens is 332 g/mol. The molecule has 8 heteroatoms. The summed E-state index contributed by atoms with van der Waals surface area (Å²) in [5.41, 5.74) is 0.805. The number of carbonyl (C=O) groups is 1. The van der Waals surface area contributed by atoms with Crippen molar-refractivity contribution in [3.63, 3.8) is 0 Å². The number of aryl methyl sites for hydroxylation is 1. The molecule has 0 fully saturated rings. The van der Waals surface area contributed by atoms with Crippen LogP contribution in [0.25, 0.3) is 0 Å². The molecule has 0 saturated heterocycles. The summed E-state index contributed by atoms with van der Waals surface area (Å²) in [6.07, 6.45) is -0.147. The van der Waals surface area contributed by atoms with Gasteiger partial charge in [0.2, 0.25) is 5.91 Å². The molecular formula is C13H13ClN2O3S2. The van der Waals surface area contributed by atoms with Gasteiger partial charge in [-0.3, -0.25) is 4.79 Å². The summed E-state index contributed by atoms with van der Waals surface area (Å²) in [5, 5.41) is 5.00. The van der Waals surface area contributed by atoms with Crippen molar-refractivity contribution >= 4 is 43.8 Å². The Balaban J connectivity index is 1.99. The lowest BCUT2D eigenvalue weighted by atomic mass is 10.4. The first kappa shape index (κ1) is 15.9. The molecule has 0 bridgehead atoms. The summed E-state index contributed by atoms with van der Waals surface area (Å²) in [7, 11) is -3.58. The Morgan fingerprint density at radius 3 is 2.71 bits per heavy atom. The van der Waals surface area contributed by atoms with Gasteiger partial charge in [-0.1, -0.05) is 23.7 Å². The van der Waals surface area contributed by atoms with E-state index < -0.39 is 9.84 Å². The lowest BCUT2D eigenvalue weighted by molar-refractivity contribution is -0.115. The van der Waals surface area contributed by atoms with Crippen molar-refractivity contribution in [2.75, 3.05) is 11.1 Å². The Morgan fingerprint density at radius 1 is 1.38 bits per heavy atom. The molecule has 0 aliphatic rings. The van der Waals surface area contributed by atoms with Gasteiger partial charge in [-0.05, 0) is 19.1 Å². The van der Waals surface area contributed by atoms with E-state index in [0.29, 0.717) is 5.13 Å². The zero-order chi connectivity index (χ0) is 15.5. The molecule has 0 unspecified atom stereocenters. The van der Waals surface area contributed by atoms with Crippen molar-refractivity contribution < 1.29 is 13.2 Å². The molecule has 1 amide bonds. The van der Waals surface area contributed by atoms with Gasteiger partial charge in [0.1, 0.15) is 0 Å². The lowest BCUT2D eigenvalue weighted by Crippen LogP contribution is -2.17. The summed E-state index contributed by atoms with van der Waals surface area (Å²) in [5.74, 6) is -0.688. The monoisotopic (exact) mass is 344 g/mol. The number of amides is 1. The highest BCUT2D eigenvalue weighted by Crippen LogP contribution is 2.22. The Kier molecular flexibility index (Phi) is 4.97. The van der Waals surface area contributed by atoms with Crippen LogP contribution in [0.3, 0.4) is 0 Å². The van der Waals surface area contributed by atoms with E-state index in [1.54, 1.807) is 17.5 Å². The fourth-order valence-electron chi connectivity index (χ4n) is 1.63. The minimum absolute atomic E-state index is 0.0459. The molecule has 0 atom stereocenters. The molecule has 0 spiro atoms. The van der Waals surface area contributed by atoms with Crippen LogP contribution in [0.2, 0.25) is 5.02 Å². The van der Waals surface area contributed by atoms with E-state index in [0.717, 1.165) is 5.69 Å². The number of benzene rings is 1. The van der Waals surface area contributed by atoms with Crippen LogP contribution < -0.4 is 5.32 Å². The zero-order valence-electron chi connectivity index (χ0n) is 11.2. The van der Waals surface area contributed by atoms with E-state index in [-0.39, 0.29) is 28.0 Å². The fourth-order valence-corrected chi connectivity index (χ4v) is 4.14.